The van der Waals surface area contributed by atoms with E-state index in [4.69, 9.17) is 10.3 Å². The number of nitrogens with zero attached hydrogens (tertiary/aromatic N) is 2. The summed E-state index contributed by atoms with van der Waals surface area (Å²) < 4.78 is 5.92. The molecule has 0 saturated carbocycles. The summed E-state index contributed by atoms with van der Waals surface area (Å²) in [6.45, 7) is 0.891. The fraction of sp³-hybridized carbons (Fsp3) is 0.250. The summed E-state index contributed by atoms with van der Waals surface area (Å²) in [6.07, 6.45) is 0. The van der Waals surface area contributed by atoms with Crippen molar-refractivity contribution in [3.63, 3.8) is 0 Å². The predicted octanol–water partition coefficient (Wildman–Crippen LogP) is 2.75. The maximum atomic E-state index is 5.50. The summed E-state index contributed by atoms with van der Waals surface area (Å²) in [7, 11) is 4.08. The molecule has 0 radical (unpaired) electrons. The lowest BCUT2D eigenvalue weighted by atomic mass is 10.1. The molecule has 0 atom stereocenters. The molecule has 2 N–H and O–H groups in total. The third-order valence-electron chi connectivity index (χ3n) is 2.36. The number of rotatable bonds is 3. The average molecular weight is 296 g/mol. The van der Waals surface area contributed by atoms with Gasteiger partial charge in [0.15, 0.2) is 0 Å². The summed E-state index contributed by atoms with van der Waals surface area (Å²) in [5.74, 6) is 0.327. The van der Waals surface area contributed by atoms with Gasteiger partial charge in [-0.25, -0.2) is 0 Å². The highest BCUT2D eigenvalue weighted by atomic mass is 79.9. The molecule has 0 fully saturated rings. The van der Waals surface area contributed by atoms with E-state index in [0.29, 0.717) is 5.88 Å². The normalized spacial score (nSPS) is 11.1. The zero-order valence-electron chi connectivity index (χ0n) is 9.77. The third kappa shape index (κ3) is 2.87. The number of hydrogen-bond acceptors (Lipinski definition) is 4. The highest BCUT2D eigenvalue weighted by Crippen LogP contribution is 2.26. The molecule has 1 aromatic carbocycles. The third-order valence-corrected chi connectivity index (χ3v) is 3.10. The number of nitrogen functional groups attached to an aromatic ring is 1. The Morgan fingerprint density at radius 1 is 1.35 bits per heavy atom. The first-order valence-electron chi connectivity index (χ1n) is 5.22. The van der Waals surface area contributed by atoms with Gasteiger partial charge in [0.1, 0.15) is 5.69 Å². The molecule has 0 aliphatic heterocycles. The molecular formula is C12H14BrN3O. The second-order valence-corrected chi connectivity index (χ2v) is 5.01. The van der Waals surface area contributed by atoms with Gasteiger partial charge in [0.05, 0.1) is 0 Å². The quantitative estimate of drug-likeness (QED) is 0.946. The lowest BCUT2D eigenvalue weighted by Crippen LogP contribution is -2.10. The number of hydrogen-bond donors (Lipinski definition) is 1. The second-order valence-electron chi connectivity index (χ2n) is 4.16. The smallest absolute Gasteiger partial charge is 0.222 e. The van der Waals surface area contributed by atoms with Crippen LogP contribution < -0.4 is 5.73 Å². The first kappa shape index (κ1) is 12.1. The van der Waals surface area contributed by atoms with Crippen molar-refractivity contribution in [3.05, 3.63) is 34.3 Å². The highest BCUT2D eigenvalue weighted by Gasteiger charge is 2.07. The molecule has 2 aromatic rings. The Morgan fingerprint density at radius 2 is 2.12 bits per heavy atom. The van der Waals surface area contributed by atoms with Gasteiger partial charge in [-0.1, -0.05) is 33.2 Å². The predicted molar refractivity (Wildman–Crippen MR) is 71.4 cm³/mol. The Labute approximate surface area is 109 Å². The Morgan fingerprint density at radius 3 is 2.65 bits per heavy atom. The zero-order valence-corrected chi connectivity index (χ0v) is 11.4. The standard InChI is InChI=1S/C12H14BrN3O/c1-16(2)7-9-4-3-8(5-10(9)13)11-6-12(14)17-15-11/h3-6H,7,14H2,1-2H3. The van der Waals surface area contributed by atoms with E-state index in [1.807, 2.05) is 26.2 Å². The molecule has 0 amide bonds. The molecule has 0 saturated heterocycles. The zero-order chi connectivity index (χ0) is 12.4. The SMILES string of the molecule is CN(C)Cc1ccc(-c2cc(N)on2)cc1Br. The van der Waals surface area contributed by atoms with Crippen LogP contribution in [0.1, 0.15) is 5.56 Å². The van der Waals surface area contributed by atoms with E-state index in [1.54, 1.807) is 6.07 Å². The van der Waals surface area contributed by atoms with Crippen LogP contribution in [-0.2, 0) is 6.54 Å². The molecule has 0 aliphatic carbocycles. The Balaban J connectivity index is 2.30. The van der Waals surface area contributed by atoms with Crippen molar-refractivity contribution >= 4 is 21.8 Å². The van der Waals surface area contributed by atoms with Gasteiger partial charge >= 0.3 is 0 Å². The summed E-state index contributed by atoms with van der Waals surface area (Å²) in [5, 5.41) is 3.89. The van der Waals surface area contributed by atoms with Crippen LogP contribution >= 0.6 is 15.9 Å². The Hall–Kier alpha value is -1.33. The first-order chi connectivity index (χ1) is 8.06. The minimum atomic E-state index is 0.327. The van der Waals surface area contributed by atoms with Crippen LogP contribution in [0.3, 0.4) is 0 Å². The topological polar surface area (TPSA) is 55.3 Å². The molecular weight excluding hydrogens is 282 g/mol. The summed E-state index contributed by atoms with van der Waals surface area (Å²) in [6, 6.07) is 7.83. The van der Waals surface area contributed by atoms with Crippen molar-refractivity contribution in [2.24, 2.45) is 0 Å². The van der Waals surface area contributed by atoms with Crippen molar-refractivity contribution in [2.45, 2.75) is 6.54 Å². The first-order valence-corrected chi connectivity index (χ1v) is 6.01. The van der Waals surface area contributed by atoms with Gasteiger partial charge in [-0.05, 0) is 25.7 Å². The van der Waals surface area contributed by atoms with Gasteiger partial charge < -0.3 is 15.2 Å². The van der Waals surface area contributed by atoms with Gasteiger partial charge in [-0.2, -0.15) is 0 Å². The largest absolute Gasteiger partial charge is 0.368 e. The summed E-state index contributed by atoms with van der Waals surface area (Å²) in [4.78, 5) is 2.12. The Kier molecular flexibility index (Phi) is 3.49. The van der Waals surface area contributed by atoms with Crippen molar-refractivity contribution < 1.29 is 4.52 Å². The molecule has 90 valence electrons. The lowest BCUT2D eigenvalue weighted by Gasteiger charge is -2.11. The Bertz CT molecular complexity index is 522. The van der Waals surface area contributed by atoms with Crippen LogP contribution in [0.2, 0.25) is 0 Å². The molecule has 0 unspecified atom stereocenters. The van der Waals surface area contributed by atoms with Crippen LogP contribution in [0.25, 0.3) is 11.3 Å². The van der Waals surface area contributed by atoms with Crippen LogP contribution in [0.15, 0.2) is 33.3 Å². The number of aromatic nitrogens is 1. The van der Waals surface area contributed by atoms with Crippen molar-refractivity contribution in [3.8, 4) is 11.3 Å². The van der Waals surface area contributed by atoms with Crippen LogP contribution in [-0.4, -0.2) is 24.2 Å². The number of nitrogens with two attached hydrogens (primary N) is 1. The van der Waals surface area contributed by atoms with E-state index in [-0.39, 0.29) is 0 Å². The molecule has 0 spiro atoms. The maximum absolute atomic E-state index is 5.50. The minimum Gasteiger partial charge on any atom is -0.368 e. The molecule has 4 nitrogen and oxygen atoms in total. The lowest BCUT2D eigenvalue weighted by molar-refractivity contribution is 0.401. The fourth-order valence-electron chi connectivity index (χ4n) is 1.60. The van der Waals surface area contributed by atoms with Gasteiger partial charge in [0.25, 0.3) is 0 Å². The van der Waals surface area contributed by atoms with E-state index in [1.165, 1.54) is 5.56 Å². The van der Waals surface area contributed by atoms with E-state index in [0.717, 1.165) is 22.3 Å². The van der Waals surface area contributed by atoms with Crippen molar-refractivity contribution in [1.29, 1.82) is 0 Å². The monoisotopic (exact) mass is 295 g/mol. The van der Waals surface area contributed by atoms with Gasteiger partial charge in [-0.3, -0.25) is 0 Å². The molecule has 0 bridgehead atoms. The van der Waals surface area contributed by atoms with E-state index in [9.17, 15) is 0 Å². The average Bonchev–Trinajstić information content (AvgIpc) is 2.67. The maximum Gasteiger partial charge on any atom is 0.222 e. The van der Waals surface area contributed by atoms with E-state index >= 15 is 0 Å². The molecule has 1 aromatic heterocycles. The fourth-order valence-corrected chi connectivity index (χ4v) is 2.11. The molecule has 1 heterocycles. The minimum absolute atomic E-state index is 0.327. The molecule has 2 rings (SSSR count). The summed E-state index contributed by atoms with van der Waals surface area (Å²) >= 11 is 3.56. The van der Waals surface area contributed by atoms with Crippen LogP contribution in [0.4, 0.5) is 5.88 Å². The summed E-state index contributed by atoms with van der Waals surface area (Å²) in [5.41, 5.74) is 8.47. The van der Waals surface area contributed by atoms with Gasteiger partial charge in [-0.15, -0.1) is 0 Å². The molecule has 0 aliphatic rings. The van der Waals surface area contributed by atoms with Crippen LogP contribution in [0.5, 0.6) is 0 Å². The van der Waals surface area contributed by atoms with E-state index in [2.05, 4.69) is 32.1 Å². The van der Waals surface area contributed by atoms with Gasteiger partial charge in [0, 0.05) is 22.6 Å². The number of anilines is 1. The van der Waals surface area contributed by atoms with Gasteiger partial charge in [0.2, 0.25) is 5.88 Å². The highest BCUT2D eigenvalue weighted by molar-refractivity contribution is 9.10. The number of benzene rings is 1. The van der Waals surface area contributed by atoms with E-state index < -0.39 is 0 Å². The van der Waals surface area contributed by atoms with Crippen molar-refractivity contribution in [2.75, 3.05) is 19.8 Å². The second kappa shape index (κ2) is 4.89. The molecule has 17 heavy (non-hydrogen) atoms. The molecule has 5 heteroatoms. The number of halogens is 1. The van der Waals surface area contributed by atoms with Crippen LogP contribution in [0, 0.1) is 0 Å². The van der Waals surface area contributed by atoms with Crippen molar-refractivity contribution in [1.82, 2.24) is 10.1 Å².